The predicted molar refractivity (Wildman–Crippen MR) is 89.1 cm³/mol. The molecule has 0 spiro atoms. The topological polar surface area (TPSA) is 41.6 Å². The summed E-state index contributed by atoms with van der Waals surface area (Å²) in [5, 5.41) is 3.25. The molecule has 1 N–H and O–H groups in total. The smallest absolute Gasteiger partial charge is 0.225 e. The zero-order valence-electron chi connectivity index (χ0n) is 14.1. The van der Waals surface area contributed by atoms with Crippen molar-refractivity contribution in [1.82, 2.24) is 10.2 Å². The number of nitrogens with one attached hydrogen (secondary N) is 1. The Balaban J connectivity index is 1.93. The molecule has 0 saturated carbocycles. The SMILES string of the molecule is CCCOc1ccc(F)cc1CCC(C)C(=O)N1CCNCC1. The minimum Gasteiger partial charge on any atom is -0.493 e. The van der Waals surface area contributed by atoms with Crippen molar-refractivity contribution in [3.8, 4) is 5.75 Å². The molecule has 0 bridgehead atoms. The molecule has 5 heteroatoms. The van der Waals surface area contributed by atoms with Crippen LogP contribution in [-0.4, -0.2) is 43.6 Å². The fraction of sp³-hybridized carbons (Fsp3) is 0.611. The number of hydrogen-bond acceptors (Lipinski definition) is 3. The average molecular weight is 322 g/mol. The molecule has 4 nitrogen and oxygen atoms in total. The van der Waals surface area contributed by atoms with Gasteiger partial charge >= 0.3 is 0 Å². The first kappa shape index (κ1) is 17.7. The van der Waals surface area contributed by atoms with Crippen molar-refractivity contribution in [2.75, 3.05) is 32.8 Å². The fourth-order valence-corrected chi connectivity index (χ4v) is 2.79. The van der Waals surface area contributed by atoms with E-state index in [-0.39, 0.29) is 17.6 Å². The van der Waals surface area contributed by atoms with E-state index < -0.39 is 0 Å². The summed E-state index contributed by atoms with van der Waals surface area (Å²) in [6, 6.07) is 4.62. The van der Waals surface area contributed by atoms with Crippen molar-refractivity contribution in [2.45, 2.75) is 33.1 Å². The van der Waals surface area contributed by atoms with Crippen LogP contribution in [0.1, 0.15) is 32.3 Å². The highest BCUT2D eigenvalue weighted by Crippen LogP contribution is 2.23. The summed E-state index contributed by atoms with van der Waals surface area (Å²) in [7, 11) is 0. The third-order valence-corrected chi connectivity index (χ3v) is 4.18. The number of aryl methyl sites for hydroxylation is 1. The molecule has 1 aromatic rings. The van der Waals surface area contributed by atoms with E-state index in [9.17, 15) is 9.18 Å². The molecule has 0 aromatic heterocycles. The van der Waals surface area contributed by atoms with Gasteiger partial charge in [0, 0.05) is 32.1 Å². The lowest BCUT2D eigenvalue weighted by Crippen LogP contribution is -2.48. The zero-order valence-corrected chi connectivity index (χ0v) is 14.1. The molecular weight excluding hydrogens is 295 g/mol. The third-order valence-electron chi connectivity index (χ3n) is 4.18. The van der Waals surface area contributed by atoms with Gasteiger partial charge in [0.15, 0.2) is 0 Å². The number of nitrogens with zero attached hydrogens (tertiary/aromatic N) is 1. The largest absolute Gasteiger partial charge is 0.493 e. The third kappa shape index (κ3) is 5.20. The van der Waals surface area contributed by atoms with E-state index >= 15 is 0 Å². The number of amides is 1. The summed E-state index contributed by atoms with van der Waals surface area (Å²) in [5.74, 6) is 0.606. The second-order valence-corrected chi connectivity index (χ2v) is 6.12. The summed E-state index contributed by atoms with van der Waals surface area (Å²) in [4.78, 5) is 14.4. The second kappa shape index (κ2) is 8.87. The molecule has 0 aliphatic carbocycles. The highest BCUT2D eigenvalue weighted by Gasteiger charge is 2.22. The summed E-state index contributed by atoms with van der Waals surface area (Å²) >= 11 is 0. The molecule has 1 heterocycles. The van der Waals surface area contributed by atoms with Gasteiger partial charge in [-0.1, -0.05) is 13.8 Å². The molecule has 23 heavy (non-hydrogen) atoms. The van der Waals surface area contributed by atoms with Gasteiger partial charge in [-0.05, 0) is 43.0 Å². The van der Waals surface area contributed by atoms with Crippen LogP contribution in [-0.2, 0) is 11.2 Å². The standard InChI is InChI=1S/C18H27FN2O2/c1-3-12-23-17-7-6-16(19)13-15(17)5-4-14(2)18(22)21-10-8-20-9-11-21/h6-7,13-14,20H,3-5,8-12H2,1-2H3. The molecular formula is C18H27FN2O2. The summed E-state index contributed by atoms with van der Waals surface area (Å²) in [6.45, 7) is 7.87. The highest BCUT2D eigenvalue weighted by atomic mass is 19.1. The molecule has 1 aliphatic rings. The number of halogens is 1. The zero-order chi connectivity index (χ0) is 16.7. The van der Waals surface area contributed by atoms with Crippen molar-refractivity contribution in [3.63, 3.8) is 0 Å². The van der Waals surface area contributed by atoms with Gasteiger partial charge in [-0.3, -0.25) is 4.79 Å². The van der Waals surface area contributed by atoms with E-state index in [4.69, 9.17) is 4.74 Å². The van der Waals surface area contributed by atoms with Crippen LogP contribution in [0.3, 0.4) is 0 Å². The number of carbonyl (C=O) groups excluding carboxylic acids is 1. The average Bonchev–Trinajstić information content (AvgIpc) is 2.59. The van der Waals surface area contributed by atoms with Gasteiger partial charge < -0.3 is 15.0 Å². The first-order valence-corrected chi connectivity index (χ1v) is 8.52. The Morgan fingerprint density at radius 1 is 1.39 bits per heavy atom. The van der Waals surface area contributed by atoms with Gasteiger partial charge in [0.1, 0.15) is 11.6 Å². The molecule has 1 unspecified atom stereocenters. The van der Waals surface area contributed by atoms with Crippen LogP contribution in [0.4, 0.5) is 4.39 Å². The number of ether oxygens (including phenoxy) is 1. The number of rotatable bonds is 7. The van der Waals surface area contributed by atoms with E-state index in [0.717, 1.165) is 43.9 Å². The molecule has 128 valence electrons. The van der Waals surface area contributed by atoms with E-state index in [1.807, 2.05) is 18.7 Å². The summed E-state index contributed by atoms with van der Waals surface area (Å²) in [5.41, 5.74) is 0.846. The van der Waals surface area contributed by atoms with Crippen LogP contribution in [0.15, 0.2) is 18.2 Å². The first-order valence-electron chi connectivity index (χ1n) is 8.52. The lowest BCUT2D eigenvalue weighted by molar-refractivity contribution is -0.135. The van der Waals surface area contributed by atoms with Crippen LogP contribution in [0.25, 0.3) is 0 Å². The van der Waals surface area contributed by atoms with Crippen molar-refractivity contribution in [2.24, 2.45) is 5.92 Å². The maximum absolute atomic E-state index is 13.5. The highest BCUT2D eigenvalue weighted by molar-refractivity contribution is 5.78. The molecule has 0 radical (unpaired) electrons. The quantitative estimate of drug-likeness (QED) is 0.839. The van der Waals surface area contributed by atoms with Crippen molar-refractivity contribution in [1.29, 1.82) is 0 Å². The van der Waals surface area contributed by atoms with Crippen LogP contribution >= 0.6 is 0 Å². The Labute approximate surface area is 138 Å². The van der Waals surface area contributed by atoms with Crippen molar-refractivity contribution >= 4 is 5.91 Å². The van der Waals surface area contributed by atoms with Crippen LogP contribution in [0, 0.1) is 11.7 Å². The van der Waals surface area contributed by atoms with Gasteiger partial charge in [0.05, 0.1) is 6.61 Å². The van der Waals surface area contributed by atoms with Crippen molar-refractivity contribution in [3.05, 3.63) is 29.6 Å². The maximum Gasteiger partial charge on any atom is 0.225 e. The Morgan fingerprint density at radius 3 is 2.83 bits per heavy atom. The number of carbonyl (C=O) groups is 1. The van der Waals surface area contributed by atoms with Crippen LogP contribution in [0.2, 0.25) is 0 Å². The Hall–Kier alpha value is -1.62. The Kier molecular flexibility index (Phi) is 6.84. The number of benzene rings is 1. The van der Waals surface area contributed by atoms with Gasteiger partial charge in [0.2, 0.25) is 5.91 Å². The maximum atomic E-state index is 13.5. The normalized spacial score (nSPS) is 16.2. The van der Waals surface area contributed by atoms with Gasteiger partial charge in [0.25, 0.3) is 0 Å². The summed E-state index contributed by atoms with van der Waals surface area (Å²) < 4.78 is 19.2. The molecule has 1 atom stereocenters. The molecule has 1 saturated heterocycles. The molecule has 1 fully saturated rings. The molecule has 1 amide bonds. The van der Waals surface area contributed by atoms with Crippen LogP contribution < -0.4 is 10.1 Å². The van der Waals surface area contributed by atoms with E-state index in [2.05, 4.69) is 5.32 Å². The van der Waals surface area contributed by atoms with Gasteiger partial charge in [-0.15, -0.1) is 0 Å². The van der Waals surface area contributed by atoms with Gasteiger partial charge in [-0.25, -0.2) is 4.39 Å². The van der Waals surface area contributed by atoms with Crippen molar-refractivity contribution < 1.29 is 13.9 Å². The Bertz CT molecular complexity index is 516. The van der Waals surface area contributed by atoms with E-state index in [1.165, 1.54) is 12.1 Å². The van der Waals surface area contributed by atoms with Gasteiger partial charge in [-0.2, -0.15) is 0 Å². The first-order chi connectivity index (χ1) is 11.1. The van der Waals surface area contributed by atoms with E-state index in [1.54, 1.807) is 6.07 Å². The monoisotopic (exact) mass is 322 g/mol. The second-order valence-electron chi connectivity index (χ2n) is 6.12. The number of hydrogen-bond donors (Lipinski definition) is 1. The molecule has 2 rings (SSSR count). The minimum absolute atomic E-state index is 0.0598. The van der Waals surface area contributed by atoms with E-state index in [0.29, 0.717) is 19.4 Å². The Morgan fingerprint density at radius 2 is 2.13 bits per heavy atom. The predicted octanol–water partition coefficient (Wildman–Crippen LogP) is 2.62. The fourth-order valence-electron chi connectivity index (χ4n) is 2.79. The molecule has 1 aromatic carbocycles. The molecule has 1 aliphatic heterocycles. The summed E-state index contributed by atoms with van der Waals surface area (Å²) in [6.07, 6.45) is 2.26. The minimum atomic E-state index is -0.259. The lowest BCUT2D eigenvalue weighted by Gasteiger charge is -2.29. The number of piperazine rings is 1. The van der Waals surface area contributed by atoms with Crippen LogP contribution in [0.5, 0.6) is 5.75 Å². The lowest BCUT2D eigenvalue weighted by atomic mass is 9.99.